The summed E-state index contributed by atoms with van der Waals surface area (Å²) < 4.78 is 2.27. The maximum absolute atomic E-state index is 6.09. The number of aromatic nitrogens is 4. The number of benzene rings is 1. The summed E-state index contributed by atoms with van der Waals surface area (Å²) in [4.78, 5) is 14.6. The van der Waals surface area contributed by atoms with E-state index in [0.29, 0.717) is 24.1 Å². The summed E-state index contributed by atoms with van der Waals surface area (Å²) in [7, 11) is 0. The van der Waals surface area contributed by atoms with Gasteiger partial charge in [0.25, 0.3) is 0 Å². The minimum atomic E-state index is 0. The first kappa shape index (κ1) is 25.5. The molecule has 3 aromatic rings. The zero-order chi connectivity index (χ0) is 21.2. The second kappa shape index (κ2) is 11.4. The van der Waals surface area contributed by atoms with E-state index in [1.54, 1.807) is 0 Å². The van der Waals surface area contributed by atoms with Crippen molar-refractivity contribution in [1.29, 1.82) is 0 Å². The molecule has 9 heteroatoms. The molecule has 0 spiro atoms. The minimum Gasteiger partial charge on any atom is -0.362 e. The number of anilines is 2. The lowest BCUT2D eigenvalue weighted by Crippen LogP contribution is -2.33. The van der Waals surface area contributed by atoms with Crippen molar-refractivity contribution in [2.75, 3.05) is 10.6 Å². The Morgan fingerprint density at radius 1 is 0.970 bits per heavy atom. The van der Waals surface area contributed by atoms with Gasteiger partial charge < -0.3 is 20.9 Å². The number of nitrogens with two attached hydrogens (primary N) is 1. The molecule has 2 heterocycles. The van der Waals surface area contributed by atoms with E-state index in [-0.39, 0.29) is 30.9 Å². The standard InChI is InChI=1S/C24H33N7.2ClH/c1-16(17-7-3-2-4-8-17)27-22-21-23(31(15-26-21)20-9-5-6-10-20)30-24(29-22)28-19-13-11-18(25)12-14-19;;/h2-4,7-8,15-16,18-20H,5-6,9-14,25H2,1H3,(H2,27,28,29,30);2*1H/t16?,18-,19-;;. The zero-order valence-electron chi connectivity index (χ0n) is 19.1. The third-order valence-electron chi connectivity index (χ3n) is 6.90. The summed E-state index contributed by atoms with van der Waals surface area (Å²) in [6.07, 6.45) is 11.1. The van der Waals surface area contributed by atoms with Gasteiger partial charge in [-0.1, -0.05) is 43.2 Å². The highest BCUT2D eigenvalue weighted by Crippen LogP contribution is 2.34. The van der Waals surface area contributed by atoms with Crippen LogP contribution in [-0.4, -0.2) is 31.6 Å². The van der Waals surface area contributed by atoms with E-state index in [4.69, 9.17) is 20.7 Å². The maximum atomic E-state index is 6.09. The summed E-state index contributed by atoms with van der Waals surface area (Å²) >= 11 is 0. The van der Waals surface area contributed by atoms with E-state index in [9.17, 15) is 0 Å². The zero-order valence-corrected chi connectivity index (χ0v) is 20.7. The number of nitrogens with zero attached hydrogens (tertiary/aromatic N) is 4. The highest BCUT2D eigenvalue weighted by Gasteiger charge is 2.24. The van der Waals surface area contributed by atoms with E-state index < -0.39 is 0 Å². The Morgan fingerprint density at radius 3 is 2.36 bits per heavy atom. The maximum Gasteiger partial charge on any atom is 0.227 e. The van der Waals surface area contributed by atoms with E-state index in [2.05, 4.69) is 46.4 Å². The highest BCUT2D eigenvalue weighted by atomic mass is 35.5. The number of hydrogen-bond donors (Lipinski definition) is 3. The molecular weight excluding hydrogens is 457 g/mol. The quantitative estimate of drug-likeness (QED) is 0.412. The van der Waals surface area contributed by atoms with Crippen LogP contribution in [0.2, 0.25) is 0 Å². The lowest BCUT2D eigenvalue weighted by atomic mass is 9.92. The molecule has 0 bridgehead atoms. The van der Waals surface area contributed by atoms with Crippen LogP contribution in [0.1, 0.15) is 75.9 Å². The van der Waals surface area contributed by atoms with Crippen LogP contribution >= 0.6 is 24.8 Å². The predicted octanol–water partition coefficient (Wildman–Crippen LogP) is 5.64. The number of hydrogen-bond acceptors (Lipinski definition) is 6. The average Bonchev–Trinajstić information content (AvgIpc) is 3.46. The Kier molecular flexibility index (Phi) is 8.79. The van der Waals surface area contributed by atoms with Gasteiger partial charge in [-0.2, -0.15) is 9.97 Å². The molecule has 7 nitrogen and oxygen atoms in total. The molecule has 1 atom stereocenters. The minimum absolute atomic E-state index is 0. The lowest BCUT2D eigenvalue weighted by molar-refractivity contribution is 0.410. The van der Waals surface area contributed by atoms with E-state index in [1.165, 1.54) is 31.2 Å². The van der Waals surface area contributed by atoms with Crippen LogP contribution in [0, 0.1) is 0 Å². The van der Waals surface area contributed by atoms with Crippen molar-refractivity contribution < 1.29 is 0 Å². The normalized spacial score (nSPS) is 21.8. The molecule has 2 fully saturated rings. The number of fused-ring (bicyclic) bond motifs is 1. The molecular formula is C24H35Cl2N7. The van der Waals surface area contributed by atoms with Crippen molar-refractivity contribution in [2.24, 2.45) is 5.73 Å². The van der Waals surface area contributed by atoms with Gasteiger partial charge in [-0.3, -0.25) is 0 Å². The van der Waals surface area contributed by atoms with Crippen LogP contribution in [0.25, 0.3) is 11.2 Å². The Balaban J connectivity index is 0.00000153. The molecule has 2 aliphatic rings. The molecule has 1 aromatic carbocycles. The van der Waals surface area contributed by atoms with Crippen LogP contribution < -0.4 is 16.4 Å². The van der Waals surface area contributed by atoms with Crippen molar-refractivity contribution in [3.05, 3.63) is 42.2 Å². The second-order valence-electron chi connectivity index (χ2n) is 9.19. The van der Waals surface area contributed by atoms with E-state index in [0.717, 1.165) is 42.7 Å². The van der Waals surface area contributed by atoms with Crippen LogP contribution in [0.4, 0.5) is 11.8 Å². The summed E-state index contributed by atoms with van der Waals surface area (Å²) in [5, 5.41) is 7.20. The van der Waals surface area contributed by atoms with Crippen LogP contribution in [-0.2, 0) is 0 Å². The van der Waals surface area contributed by atoms with Gasteiger partial charge in [0, 0.05) is 18.1 Å². The van der Waals surface area contributed by atoms with Gasteiger partial charge in [0.15, 0.2) is 17.0 Å². The predicted molar refractivity (Wildman–Crippen MR) is 140 cm³/mol. The molecule has 0 amide bonds. The van der Waals surface area contributed by atoms with Gasteiger partial charge in [-0.05, 0) is 51.0 Å². The van der Waals surface area contributed by atoms with Crippen molar-refractivity contribution in [3.63, 3.8) is 0 Å². The van der Waals surface area contributed by atoms with E-state index >= 15 is 0 Å². The van der Waals surface area contributed by atoms with Crippen molar-refractivity contribution in [2.45, 2.75) is 82.5 Å². The summed E-state index contributed by atoms with van der Waals surface area (Å²) in [6, 6.07) is 11.8. The monoisotopic (exact) mass is 491 g/mol. The van der Waals surface area contributed by atoms with Crippen LogP contribution in [0.5, 0.6) is 0 Å². The molecule has 180 valence electrons. The summed E-state index contributed by atoms with van der Waals surface area (Å²) in [5.41, 5.74) is 9.10. The third-order valence-corrected chi connectivity index (χ3v) is 6.90. The first-order valence-corrected chi connectivity index (χ1v) is 11.8. The van der Waals surface area contributed by atoms with Gasteiger partial charge in [0.05, 0.1) is 12.4 Å². The van der Waals surface area contributed by atoms with Gasteiger partial charge >= 0.3 is 0 Å². The van der Waals surface area contributed by atoms with E-state index in [1.807, 2.05) is 12.4 Å². The number of imidazole rings is 1. The highest BCUT2D eigenvalue weighted by molar-refractivity contribution is 5.86. The third kappa shape index (κ3) is 5.70. The Bertz CT molecular complexity index is 1010. The first-order chi connectivity index (χ1) is 15.2. The molecule has 33 heavy (non-hydrogen) atoms. The SMILES string of the molecule is CC(Nc1nc(N[C@H]2CC[C@H](N)CC2)nc2c1ncn2C1CCCC1)c1ccccc1.Cl.Cl. The summed E-state index contributed by atoms with van der Waals surface area (Å²) in [6.45, 7) is 2.16. The fraction of sp³-hybridized carbons (Fsp3) is 0.542. The van der Waals surface area contributed by atoms with Crippen LogP contribution in [0.15, 0.2) is 36.7 Å². The van der Waals surface area contributed by atoms with Gasteiger partial charge in [0.2, 0.25) is 5.95 Å². The van der Waals surface area contributed by atoms with Gasteiger partial charge in [-0.15, -0.1) is 24.8 Å². The smallest absolute Gasteiger partial charge is 0.227 e. The van der Waals surface area contributed by atoms with Crippen molar-refractivity contribution in [3.8, 4) is 0 Å². The Morgan fingerprint density at radius 2 is 1.67 bits per heavy atom. The fourth-order valence-electron chi connectivity index (χ4n) is 5.01. The topological polar surface area (TPSA) is 93.7 Å². The molecule has 1 unspecified atom stereocenters. The largest absolute Gasteiger partial charge is 0.362 e. The average molecular weight is 492 g/mol. The molecule has 2 saturated carbocycles. The van der Waals surface area contributed by atoms with Crippen LogP contribution in [0.3, 0.4) is 0 Å². The first-order valence-electron chi connectivity index (χ1n) is 11.8. The lowest BCUT2D eigenvalue weighted by Gasteiger charge is -2.27. The molecule has 2 aliphatic carbocycles. The molecule has 0 saturated heterocycles. The van der Waals surface area contributed by atoms with Crippen molar-refractivity contribution >= 4 is 47.7 Å². The Labute approximate surface area is 208 Å². The number of nitrogens with one attached hydrogen (secondary N) is 2. The van der Waals surface area contributed by atoms with Gasteiger partial charge in [-0.25, -0.2) is 4.98 Å². The molecule has 2 aromatic heterocycles. The molecule has 0 aliphatic heterocycles. The fourth-order valence-corrected chi connectivity index (χ4v) is 5.01. The van der Waals surface area contributed by atoms with Crippen molar-refractivity contribution in [1.82, 2.24) is 19.5 Å². The second-order valence-corrected chi connectivity index (χ2v) is 9.19. The van der Waals surface area contributed by atoms with Gasteiger partial charge in [0.1, 0.15) is 0 Å². The Hall–Kier alpha value is -2.09. The number of halogens is 2. The molecule has 4 N–H and O–H groups in total. The molecule has 5 rings (SSSR count). The summed E-state index contributed by atoms with van der Waals surface area (Å²) in [5.74, 6) is 1.49. The molecule has 0 radical (unpaired) electrons. The number of rotatable bonds is 6.